The fourth-order valence-corrected chi connectivity index (χ4v) is 4.77. The summed E-state index contributed by atoms with van der Waals surface area (Å²) in [5.41, 5.74) is -1.03. The number of hydrogen-bond acceptors (Lipinski definition) is 9. The number of rotatable bonds is 5. The maximum atomic E-state index is 13.4. The summed E-state index contributed by atoms with van der Waals surface area (Å²) in [6.07, 6.45) is -0.782. The number of hydrogen-bond donors (Lipinski definition) is 2. The van der Waals surface area contributed by atoms with Crippen LogP contribution in [0.3, 0.4) is 0 Å². The Labute approximate surface area is 206 Å². The van der Waals surface area contributed by atoms with Crippen LogP contribution in [-0.4, -0.2) is 64.9 Å². The predicted molar refractivity (Wildman–Crippen MR) is 124 cm³/mol. The topological polar surface area (TPSA) is 122 Å². The molecule has 5 heterocycles. The molecule has 1 amide bonds. The molecule has 0 aliphatic carbocycles. The molecule has 1 saturated heterocycles. The fraction of sp³-hybridized carbons (Fsp3) is 0.273. The van der Waals surface area contributed by atoms with Gasteiger partial charge < -0.3 is 15.3 Å². The van der Waals surface area contributed by atoms with Gasteiger partial charge in [-0.15, -0.1) is 11.3 Å². The first-order valence-electron chi connectivity index (χ1n) is 10.6. The van der Waals surface area contributed by atoms with E-state index in [4.69, 9.17) is 0 Å². The average Bonchev–Trinajstić information content (AvgIpc) is 3.55. The molecule has 5 rings (SSSR count). The molecule has 2 N–H and O–H groups in total. The van der Waals surface area contributed by atoms with Gasteiger partial charge in [0, 0.05) is 50.6 Å². The predicted octanol–water partition coefficient (Wildman–Crippen LogP) is 3.12. The first kappa shape index (κ1) is 23.8. The highest BCUT2D eigenvalue weighted by Gasteiger charge is 2.59. The summed E-state index contributed by atoms with van der Waals surface area (Å²) in [5.74, 6) is -0.114. The Balaban J connectivity index is 1.41. The highest BCUT2D eigenvalue weighted by Crippen LogP contribution is 2.43. The maximum Gasteiger partial charge on any atom is 0.408 e. The van der Waals surface area contributed by atoms with Crippen LogP contribution in [0.5, 0.6) is 0 Å². The number of carbonyl (C=O) groups is 1. The number of likely N-dealkylation sites (tertiary alicyclic amines) is 1. The number of thiazole rings is 1. The third kappa shape index (κ3) is 4.28. The molecule has 1 fully saturated rings. The third-order valence-corrected chi connectivity index (χ3v) is 6.71. The van der Waals surface area contributed by atoms with Gasteiger partial charge >= 0.3 is 6.18 Å². The Morgan fingerprint density at radius 3 is 2.58 bits per heavy atom. The van der Waals surface area contributed by atoms with Crippen LogP contribution in [0, 0.1) is 0 Å². The van der Waals surface area contributed by atoms with Gasteiger partial charge in [0.05, 0.1) is 5.69 Å². The molecule has 1 aliphatic rings. The van der Waals surface area contributed by atoms with Crippen LogP contribution >= 0.6 is 11.3 Å². The summed E-state index contributed by atoms with van der Waals surface area (Å²) in [5, 5.41) is 20.5. The van der Waals surface area contributed by atoms with E-state index in [1.807, 2.05) is 0 Å². The van der Waals surface area contributed by atoms with E-state index >= 15 is 0 Å². The molecule has 1 aliphatic heterocycles. The van der Waals surface area contributed by atoms with Crippen molar-refractivity contribution in [3.63, 3.8) is 0 Å². The lowest BCUT2D eigenvalue weighted by atomic mass is 9.90. The monoisotopic (exact) mass is 516 g/mol. The lowest BCUT2D eigenvalue weighted by Gasteiger charge is -2.21. The molecule has 36 heavy (non-hydrogen) atoms. The average molecular weight is 517 g/mol. The minimum absolute atomic E-state index is 0.0227. The Bertz CT molecular complexity index is 1440. The molecule has 0 saturated carbocycles. The van der Waals surface area contributed by atoms with Crippen molar-refractivity contribution in [1.82, 2.24) is 34.6 Å². The van der Waals surface area contributed by atoms with E-state index < -0.39 is 30.1 Å². The Kier molecular flexibility index (Phi) is 5.71. The number of aryl methyl sites for hydroxylation is 1. The second-order valence-electron chi connectivity index (χ2n) is 8.27. The lowest BCUT2D eigenvalue weighted by molar-refractivity contribution is -0.177. The number of aliphatic hydroxyl groups is 1. The first-order valence-corrected chi connectivity index (χ1v) is 11.5. The Morgan fingerprint density at radius 1 is 1.11 bits per heavy atom. The van der Waals surface area contributed by atoms with Crippen molar-refractivity contribution >= 4 is 29.0 Å². The number of nitrogens with one attached hydrogen (secondary N) is 1. The number of carbonyl (C=O) groups excluding carboxylic acids is 1. The van der Waals surface area contributed by atoms with E-state index in [0.29, 0.717) is 38.8 Å². The normalized spacial score (nSPS) is 20.2. The largest absolute Gasteiger partial charge is 0.408 e. The zero-order valence-corrected chi connectivity index (χ0v) is 19.7. The highest BCUT2D eigenvalue weighted by atomic mass is 32.1. The summed E-state index contributed by atoms with van der Waals surface area (Å²) >= 11 is 1.28. The smallest absolute Gasteiger partial charge is 0.375 e. The van der Waals surface area contributed by atoms with E-state index in [9.17, 15) is 23.1 Å². The fourth-order valence-electron chi connectivity index (χ4n) is 3.99. The number of alkyl halides is 3. The van der Waals surface area contributed by atoms with Gasteiger partial charge in [-0.25, -0.2) is 15.0 Å². The van der Waals surface area contributed by atoms with E-state index in [-0.39, 0.29) is 5.56 Å². The molecule has 4 aromatic heterocycles. The standard InChI is InChI=1S/C22H19F3N8O2S/c1-32-8-5-17(31-32)30-20-27-7-4-13(29-20)18-28-15(11-36-18)14-9-12(3-6-26-14)21(35)10-16(22(23,24)25)33(2)19(21)34/h3-9,11,16,35H,10H2,1-2H3,(H,27,29,30,31)/t16-,21+/m1/s1. The van der Waals surface area contributed by atoms with Crippen molar-refractivity contribution in [1.29, 1.82) is 0 Å². The van der Waals surface area contributed by atoms with Crippen LogP contribution in [-0.2, 0) is 17.4 Å². The number of pyridine rings is 1. The van der Waals surface area contributed by atoms with Crippen LogP contribution in [0.15, 0.2) is 48.2 Å². The van der Waals surface area contributed by atoms with Gasteiger partial charge in [-0.1, -0.05) is 0 Å². The van der Waals surface area contributed by atoms with Crippen molar-refractivity contribution in [2.45, 2.75) is 24.2 Å². The molecule has 4 aromatic rings. The van der Waals surface area contributed by atoms with E-state index in [1.54, 1.807) is 41.6 Å². The SMILES string of the molecule is CN1C(=O)[C@@](O)(c2ccnc(-c3csc(-c4ccnc(Nc5ccn(C)n5)n4)n3)c2)C[C@@H]1C(F)(F)F. The van der Waals surface area contributed by atoms with Gasteiger partial charge in [0.2, 0.25) is 5.95 Å². The molecule has 0 unspecified atom stereocenters. The Hall–Kier alpha value is -3.91. The molecule has 0 radical (unpaired) electrons. The number of nitrogens with zero attached hydrogens (tertiary/aromatic N) is 7. The number of anilines is 2. The minimum atomic E-state index is -4.66. The van der Waals surface area contributed by atoms with Gasteiger partial charge in [0.1, 0.15) is 22.4 Å². The van der Waals surface area contributed by atoms with Gasteiger partial charge in [-0.05, 0) is 23.8 Å². The molecule has 186 valence electrons. The summed E-state index contributed by atoms with van der Waals surface area (Å²) in [4.78, 5) is 30.6. The summed E-state index contributed by atoms with van der Waals surface area (Å²) < 4.78 is 41.7. The van der Waals surface area contributed by atoms with Crippen molar-refractivity contribution < 1.29 is 23.1 Å². The van der Waals surface area contributed by atoms with Crippen LogP contribution in [0.2, 0.25) is 0 Å². The van der Waals surface area contributed by atoms with Crippen molar-refractivity contribution in [2.24, 2.45) is 7.05 Å². The quantitative estimate of drug-likeness (QED) is 0.415. The molecular weight excluding hydrogens is 497 g/mol. The van der Waals surface area contributed by atoms with Crippen LogP contribution in [0.1, 0.15) is 12.0 Å². The van der Waals surface area contributed by atoms with Crippen molar-refractivity contribution in [3.05, 3.63) is 53.8 Å². The molecule has 0 spiro atoms. The van der Waals surface area contributed by atoms with Gasteiger partial charge in [0.25, 0.3) is 5.91 Å². The second-order valence-corrected chi connectivity index (χ2v) is 9.13. The molecule has 14 heteroatoms. The van der Waals surface area contributed by atoms with Gasteiger partial charge in [0.15, 0.2) is 11.4 Å². The molecular formula is C22H19F3N8O2S. The Morgan fingerprint density at radius 2 is 1.89 bits per heavy atom. The molecule has 10 nitrogen and oxygen atoms in total. The number of aromatic nitrogens is 6. The first-order chi connectivity index (χ1) is 17.0. The minimum Gasteiger partial charge on any atom is -0.375 e. The second kappa shape index (κ2) is 8.64. The van der Waals surface area contributed by atoms with Crippen LogP contribution < -0.4 is 5.32 Å². The van der Waals surface area contributed by atoms with E-state index in [0.717, 1.165) is 7.05 Å². The maximum absolute atomic E-state index is 13.4. The third-order valence-electron chi connectivity index (χ3n) is 5.84. The molecule has 0 bridgehead atoms. The van der Waals surface area contributed by atoms with E-state index in [1.165, 1.54) is 29.7 Å². The van der Waals surface area contributed by atoms with Crippen molar-refractivity contribution in [3.8, 4) is 22.1 Å². The van der Waals surface area contributed by atoms with Gasteiger partial charge in [-0.3, -0.25) is 14.5 Å². The van der Waals surface area contributed by atoms with Gasteiger partial charge in [-0.2, -0.15) is 18.3 Å². The number of amides is 1. The van der Waals surface area contributed by atoms with E-state index in [2.05, 4.69) is 30.4 Å². The van der Waals surface area contributed by atoms with Crippen LogP contribution in [0.4, 0.5) is 24.9 Å². The summed E-state index contributed by atoms with van der Waals surface area (Å²) in [6.45, 7) is 0. The molecule has 0 aromatic carbocycles. The van der Waals surface area contributed by atoms with Crippen LogP contribution in [0.25, 0.3) is 22.1 Å². The summed E-state index contributed by atoms with van der Waals surface area (Å²) in [7, 11) is 2.82. The zero-order valence-electron chi connectivity index (χ0n) is 18.9. The zero-order chi connectivity index (χ0) is 25.7. The lowest BCUT2D eigenvalue weighted by Crippen LogP contribution is -2.41. The van der Waals surface area contributed by atoms with Crippen molar-refractivity contribution in [2.75, 3.05) is 12.4 Å². The number of halogens is 3. The highest BCUT2D eigenvalue weighted by molar-refractivity contribution is 7.13. The number of likely N-dealkylation sites (N-methyl/N-ethyl adjacent to an activating group) is 1. The molecule has 2 atom stereocenters. The summed E-state index contributed by atoms with van der Waals surface area (Å²) in [6, 6.07) is 4.10.